The maximum atomic E-state index is 13.5. The number of nitrogens with one attached hydrogen (secondary N) is 3. The van der Waals surface area contributed by atoms with Crippen molar-refractivity contribution >= 4 is 68.3 Å². The Morgan fingerprint density at radius 2 is 1.77 bits per heavy atom. The average Bonchev–Trinajstić information content (AvgIpc) is 3.50. The Labute approximate surface area is 293 Å². The van der Waals surface area contributed by atoms with Crippen molar-refractivity contribution in [2.45, 2.75) is 62.1 Å². The molecule has 1 fully saturated rings. The number of piperidine rings is 1. The lowest BCUT2D eigenvalue weighted by Gasteiger charge is -2.29. The molecule has 0 radical (unpaired) electrons. The summed E-state index contributed by atoms with van der Waals surface area (Å²) < 4.78 is 6.57. The number of ether oxygens (including phenoxy) is 1. The number of urea groups is 2. The molecule has 12 heteroatoms. The van der Waals surface area contributed by atoms with Crippen molar-refractivity contribution in [2.75, 3.05) is 28.7 Å². The van der Waals surface area contributed by atoms with Gasteiger partial charge >= 0.3 is 12.1 Å². The fraction of sp³-hybridized carbons (Fsp3) is 0.333. The van der Waals surface area contributed by atoms with E-state index in [1.165, 1.54) is 0 Å². The summed E-state index contributed by atoms with van der Waals surface area (Å²) in [6, 6.07) is 22.3. The summed E-state index contributed by atoms with van der Waals surface area (Å²) >= 11 is 2.45. The minimum absolute atomic E-state index is 0.261. The van der Waals surface area contributed by atoms with Crippen LogP contribution in [0.2, 0.25) is 0 Å². The number of aromatic nitrogens is 1. The van der Waals surface area contributed by atoms with Gasteiger partial charge < -0.3 is 25.4 Å². The normalized spacial score (nSPS) is 17.2. The number of hydrazone groups is 1. The number of amides is 4. The first kappa shape index (κ1) is 33.5. The van der Waals surface area contributed by atoms with Crippen molar-refractivity contribution in [3.05, 3.63) is 84.6 Å². The molecule has 0 bridgehead atoms. The largest absolute Gasteiger partial charge is 0.457 e. The van der Waals surface area contributed by atoms with Crippen LogP contribution in [0.4, 0.5) is 26.8 Å². The molecule has 0 aliphatic carbocycles. The van der Waals surface area contributed by atoms with E-state index in [4.69, 9.17) is 9.84 Å². The van der Waals surface area contributed by atoms with Gasteiger partial charge in [-0.05, 0) is 56.5 Å². The molecule has 2 unspecified atom stereocenters. The van der Waals surface area contributed by atoms with Gasteiger partial charge in [0.2, 0.25) is 0 Å². The number of carbonyl (C=O) groups excluding carboxylic acids is 2. The predicted octanol–water partition coefficient (Wildman–Crippen LogP) is 7.64. The number of aryl methyl sites for hydroxylation is 1. The Morgan fingerprint density at radius 1 is 1.02 bits per heavy atom. The summed E-state index contributed by atoms with van der Waals surface area (Å²) in [5.74, 6) is 1.46. The van der Waals surface area contributed by atoms with Crippen molar-refractivity contribution in [2.24, 2.45) is 5.10 Å². The summed E-state index contributed by atoms with van der Waals surface area (Å²) in [6.45, 7) is 5.20. The first-order valence-corrected chi connectivity index (χ1v) is 17.6. The molecule has 48 heavy (non-hydrogen) atoms. The maximum Gasteiger partial charge on any atom is 0.323 e. The standard InChI is InChI=1S/C36H40IN7O4/c1-3-6-29(37)31-22-34(44(42-31)24-11-9-23(2)10-12-24)41-35(46)39-30-13-14-32(28-8-5-4-7-27(28)30)48-26-15-18-38-33(21-26)40-36(47)43-19-16-25(45)17-20-43/h4-5,7-15,18,21,25,29,34,45H,3,6,16-17,19-20,22H2,1-2H3,(H,38,40,47)(H2,39,41,46). The predicted molar refractivity (Wildman–Crippen MR) is 198 cm³/mol. The van der Waals surface area contributed by atoms with Crippen LogP contribution in [-0.4, -0.2) is 62.0 Å². The summed E-state index contributed by atoms with van der Waals surface area (Å²) in [6.07, 6.45) is 4.73. The third-order valence-electron chi connectivity index (χ3n) is 8.51. The highest BCUT2D eigenvalue weighted by molar-refractivity contribution is 14.1. The molecule has 4 amide bonds. The number of carbonyl (C=O) groups is 2. The fourth-order valence-corrected chi connectivity index (χ4v) is 6.90. The van der Waals surface area contributed by atoms with Gasteiger partial charge in [0.05, 0.1) is 27.1 Å². The zero-order chi connectivity index (χ0) is 33.6. The molecular weight excluding hydrogens is 721 g/mol. The van der Waals surface area contributed by atoms with Crippen molar-refractivity contribution in [3.8, 4) is 11.5 Å². The Bertz CT molecular complexity index is 1790. The van der Waals surface area contributed by atoms with Gasteiger partial charge in [0.25, 0.3) is 0 Å². The Hall–Kier alpha value is -4.43. The van der Waals surface area contributed by atoms with Crippen LogP contribution in [0.3, 0.4) is 0 Å². The molecule has 1 saturated heterocycles. The first-order chi connectivity index (χ1) is 23.3. The monoisotopic (exact) mass is 761 g/mol. The second kappa shape index (κ2) is 15.2. The average molecular weight is 762 g/mol. The topological polar surface area (TPSA) is 131 Å². The van der Waals surface area contributed by atoms with Crippen LogP contribution < -0.4 is 25.7 Å². The van der Waals surface area contributed by atoms with Crippen LogP contribution >= 0.6 is 22.6 Å². The van der Waals surface area contributed by atoms with Crippen LogP contribution in [0.5, 0.6) is 11.5 Å². The number of alkyl halides is 1. The molecule has 11 nitrogen and oxygen atoms in total. The van der Waals surface area contributed by atoms with E-state index in [2.05, 4.69) is 62.6 Å². The van der Waals surface area contributed by atoms with Gasteiger partial charge in [-0.3, -0.25) is 5.32 Å². The number of fused-ring (bicyclic) bond motifs is 1. The molecular formula is C36H40IN7O4. The lowest BCUT2D eigenvalue weighted by molar-refractivity contribution is 0.0972. The smallest absolute Gasteiger partial charge is 0.323 e. The zero-order valence-electron chi connectivity index (χ0n) is 27.0. The van der Waals surface area contributed by atoms with Crippen molar-refractivity contribution < 1.29 is 19.4 Å². The van der Waals surface area contributed by atoms with Crippen LogP contribution in [-0.2, 0) is 0 Å². The van der Waals surface area contributed by atoms with E-state index in [1.54, 1.807) is 23.2 Å². The van der Waals surface area contributed by atoms with Gasteiger partial charge in [-0.15, -0.1) is 0 Å². The van der Waals surface area contributed by atoms with Gasteiger partial charge in [0.15, 0.2) is 0 Å². The second-order valence-corrected chi connectivity index (χ2v) is 13.6. The van der Waals surface area contributed by atoms with E-state index >= 15 is 0 Å². The molecule has 4 N–H and O–H groups in total. The quantitative estimate of drug-likeness (QED) is 0.103. The van der Waals surface area contributed by atoms with E-state index in [0.29, 0.717) is 59.3 Å². The number of pyridine rings is 1. The molecule has 2 atom stereocenters. The number of anilines is 3. The third kappa shape index (κ3) is 7.98. The number of rotatable bonds is 9. The van der Waals surface area contributed by atoms with Crippen molar-refractivity contribution in [1.82, 2.24) is 15.2 Å². The molecule has 0 spiro atoms. The minimum Gasteiger partial charge on any atom is -0.457 e. The summed E-state index contributed by atoms with van der Waals surface area (Å²) in [4.78, 5) is 32.2. The van der Waals surface area contributed by atoms with Crippen LogP contribution in [0.15, 0.2) is 84.1 Å². The van der Waals surface area contributed by atoms with E-state index in [1.807, 2.05) is 60.5 Å². The SMILES string of the molecule is CCCC(I)C1=NN(c2ccc(C)cc2)C(NC(=O)Nc2ccc(Oc3ccnc(NC(=O)N4CCC(O)CC4)c3)c3ccccc23)C1. The van der Waals surface area contributed by atoms with E-state index in [9.17, 15) is 14.7 Å². The number of hydrogen-bond acceptors (Lipinski definition) is 7. The lowest BCUT2D eigenvalue weighted by atomic mass is 10.1. The number of hydrogen-bond donors (Lipinski definition) is 4. The molecule has 2 aliphatic heterocycles. The molecule has 4 aromatic rings. The number of halogens is 1. The highest BCUT2D eigenvalue weighted by atomic mass is 127. The van der Waals surface area contributed by atoms with Gasteiger partial charge in [-0.2, -0.15) is 5.10 Å². The molecule has 3 aromatic carbocycles. The van der Waals surface area contributed by atoms with Gasteiger partial charge in [-0.1, -0.05) is 77.9 Å². The summed E-state index contributed by atoms with van der Waals surface area (Å²) in [7, 11) is 0. The molecule has 250 valence electrons. The Balaban J connectivity index is 1.15. The zero-order valence-corrected chi connectivity index (χ0v) is 29.2. The van der Waals surface area contributed by atoms with Gasteiger partial charge in [-0.25, -0.2) is 19.6 Å². The first-order valence-electron chi connectivity index (χ1n) is 16.3. The van der Waals surface area contributed by atoms with E-state index < -0.39 is 0 Å². The lowest BCUT2D eigenvalue weighted by Crippen LogP contribution is -2.45. The maximum absolute atomic E-state index is 13.5. The highest BCUT2D eigenvalue weighted by Gasteiger charge is 2.32. The van der Waals surface area contributed by atoms with Crippen molar-refractivity contribution in [3.63, 3.8) is 0 Å². The van der Waals surface area contributed by atoms with Crippen molar-refractivity contribution in [1.29, 1.82) is 0 Å². The molecule has 1 aromatic heterocycles. The minimum atomic E-state index is -0.363. The number of benzene rings is 3. The molecule has 2 aliphatic rings. The molecule has 0 saturated carbocycles. The summed E-state index contributed by atoms with van der Waals surface area (Å²) in [5, 5.41) is 27.3. The van der Waals surface area contributed by atoms with Gasteiger partial charge in [0.1, 0.15) is 23.5 Å². The number of aliphatic hydroxyl groups excluding tert-OH is 1. The second-order valence-electron chi connectivity index (χ2n) is 12.1. The third-order valence-corrected chi connectivity index (χ3v) is 9.85. The highest BCUT2D eigenvalue weighted by Crippen LogP contribution is 2.35. The van der Waals surface area contributed by atoms with E-state index in [-0.39, 0.29) is 24.3 Å². The molecule has 6 rings (SSSR count). The number of nitrogens with zero attached hydrogens (tertiary/aromatic N) is 4. The Morgan fingerprint density at radius 3 is 2.52 bits per heavy atom. The number of aliphatic hydroxyl groups is 1. The van der Waals surface area contributed by atoms with Crippen LogP contribution in [0, 0.1) is 6.92 Å². The fourth-order valence-electron chi connectivity index (χ4n) is 5.90. The molecule has 3 heterocycles. The van der Waals surface area contributed by atoms with Crippen LogP contribution in [0.25, 0.3) is 10.8 Å². The Kier molecular flexibility index (Phi) is 10.6. The summed E-state index contributed by atoms with van der Waals surface area (Å²) in [5.41, 5.74) is 3.80. The van der Waals surface area contributed by atoms with Crippen LogP contribution in [0.1, 0.15) is 44.6 Å². The van der Waals surface area contributed by atoms with E-state index in [0.717, 1.165) is 40.6 Å². The number of likely N-dealkylation sites (tertiary alicyclic amines) is 1. The van der Waals surface area contributed by atoms with Gasteiger partial charge in [0, 0.05) is 42.5 Å².